The average molecular weight is 291 g/mol. The zero-order valence-corrected chi connectivity index (χ0v) is 13.2. The molecule has 5 heteroatoms. The minimum atomic E-state index is 0.0176. The second-order valence-corrected chi connectivity index (χ2v) is 5.89. The van der Waals surface area contributed by atoms with Crippen LogP contribution in [0.2, 0.25) is 0 Å². The summed E-state index contributed by atoms with van der Waals surface area (Å²) in [4.78, 5) is 20.7. The summed E-state index contributed by atoms with van der Waals surface area (Å²) in [5, 5.41) is 0. The number of likely N-dealkylation sites (tertiary alicyclic amines) is 1. The van der Waals surface area contributed by atoms with Gasteiger partial charge in [-0.3, -0.25) is 4.79 Å². The molecule has 0 aromatic carbocycles. The van der Waals surface area contributed by atoms with E-state index in [4.69, 9.17) is 4.74 Å². The number of carbonyl (C=O) groups excluding carboxylic acids is 1. The van der Waals surface area contributed by atoms with E-state index in [0.29, 0.717) is 17.4 Å². The molecule has 2 rings (SSSR count). The maximum Gasteiger partial charge on any atom is 0.253 e. The molecule has 116 valence electrons. The summed E-state index contributed by atoms with van der Waals surface area (Å²) >= 11 is 0. The van der Waals surface area contributed by atoms with Crippen molar-refractivity contribution in [2.75, 3.05) is 40.3 Å². The van der Waals surface area contributed by atoms with Gasteiger partial charge in [0.1, 0.15) is 0 Å². The van der Waals surface area contributed by atoms with E-state index in [1.807, 2.05) is 7.05 Å². The fraction of sp³-hybridized carbons (Fsp3) is 0.625. The first-order valence-electron chi connectivity index (χ1n) is 7.58. The molecule has 1 amide bonds. The molecular weight excluding hydrogens is 266 g/mol. The summed E-state index contributed by atoms with van der Waals surface area (Å²) in [5.41, 5.74) is 0.623. The average Bonchev–Trinajstić information content (AvgIpc) is 2.99. The molecule has 1 unspecified atom stereocenters. The Balaban J connectivity index is 1.88. The van der Waals surface area contributed by atoms with Crippen LogP contribution < -0.4 is 4.74 Å². The van der Waals surface area contributed by atoms with Crippen LogP contribution in [0.15, 0.2) is 18.3 Å². The number of amides is 1. The molecule has 1 fully saturated rings. The lowest BCUT2D eigenvalue weighted by molar-refractivity contribution is 0.0765. The van der Waals surface area contributed by atoms with Crippen molar-refractivity contribution in [1.82, 2.24) is 14.8 Å². The molecule has 21 heavy (non-hydrogen) atoms. The number of rotatable bonds is 6. The molecule has 1 aromatic heterocycles. The number of nitrogens with zero attached hydrogens (tertiary/aromatic N) is 3. The molecule has 0 spiro atoms. The van der Waals surface area contributed by atoms with Gasteiger partial charge in [-0.05, 0) is 37.9 Å². The second kappa shape index (κ2) is 7.41. The smallest absolute Gasteiger partial charge is 0.253 e. The number of hydrogen-bond donors (Lipinski definition) is 0. The van der Waals surface area contributed by atoms with Crippen LogP contribution in [0.3, 0.4) is 0 Å². The largest absolute Gasteiger partial charge is 0.481 e. The summed E-state index contributed by atoms with van der Waals surface area (Å²) in [5.74, 6) is 0.962. The van der Waals surface area contributed by atoms with E-state index in [1.165, 1.54) is 25.9 Å². The van der Waals surface area contributed by atoms with Crippen molar-refractivity contribution in [3.8, 4) is 5.88 Å². The maximum absolute atomic E-state index is 12.4. The monoisotopic (exact) mass is 291 g/mol. The lowest BCUT2D eigenvalue weighted by Gasteiger charge is -2.25. The molecule has 1 aliphatic rings. The van der Waals surface area contributed by atoms with Crippen LogP contribution in [0, 0.1) is 5.92 Å². The number of ether oxygens (including phenoxy) is 1. The van der Waals surface area contributed by atoms with Crippen LogP contribution >= 0.6 is 0 Å². The normalized spacial score (nSPS) is 16.7. The van der Waals surface area contributed by atoms with Gasteiger partial charge in [0.05, 0.1) is 7.11 Å². The molecule has 0 bridgehead atoms. The van der Waals surface area contributed by atoms with Gasteiger partial charge in [-0.1, -0.05) is 6.92 Å². The minimum Gasteiger partial charge on any atom is -0.481 e. The van der Waals surface area contributed by atoms with E-state index in [-0.39, 0.29) is 5.91 Å². The predicted octanol–water partition coefficient (Wildman–Crippen LogP) is 1.89. The standard InChI is InChI=1S/C16H25N3O2/c1-13(12-19-8-4-5-9-19)11-18(2)16(20)14-6-7-17-15(10-14)21-3/h6-7,10,13H,4-5,8-9,11-12H2,1-3H3. The minimum absolute atomic E-state index is 0.0176. The van der Waals surface area contributed by atoms with Gasteiger partial charge >= 0.3 is 0 Å². The van der Waals surface area contributed by atoms with Crippen LogP contribution in [0.5, 0.6) is 5.88 Å². The Morgan fingerprint density at radius 2 is 2.19 bits per heavy atom. The number of carbonyl (C=O) groups is 1. The van der Waals surface area contributed by atoms with E-state index in [1.54, 1.807) is 30.3 Å². The maximum atomic E-state index is 12.4. The third-order valence-electron chi connectivity index (χ3n) is 3.89. The Morgan fingerprint density at radius 1 is 1.48 bits per heavy atom. The summed E-state index contributed by atoms with van der Waals surface area (Å²) in [6.07, 6.45) is 4.21. The molecule has 0 N–H and O–H groups in total. The highest BCUT2D eigenvalue weighted by atomic mass is 16.5. The molecule has 0 saturated carbocycles. The molecule has 1 saturated heterocycles. The summed E-state index contributed by atoms with van der Waals surface area (Å²) in [6.45, 7) is 6.43. The van der Waals surface area contributed by atoms with Gasteiger partial charge in [0.15, 0.2) is 0 Å². The van der Waals surface area contributed by atoms with Crippen molar-refractivity contribution in [3.05, 3.63) is 23.9 Å². The lowest BCUT2D eigenvalue weighted by atomic mass is 10.1. The first-order valence-corrected chi connectivity index (χ1v) is 7.58. The SMILES string of the molecule is COc1cc(C(=O)N(C)CC(C)CN2CCCC2)ccn1. The number of hydrogen-bond acceptors (Lipinski definition) is 4. The van der Waals surface area contributed by atoms with Crippen LogP contribution in [0.25, 0.3) is 0 Å². The highest BCUT2D eigenvalue weighted by Gasteiger charge is 2.19. The molecule has 5 nitrogen and oxygen atoms in total. The molecule has 1 atom stereocenters. The fourth-order valence-corrected chi connectivity index (χ4v) is 2.89. The van der Waals surface area contributed by atoms with Gasteiger partial charge in [-0.15, -0.1) is 0 Å². The van der Waals surface area contributed by atoms with Crippen molar-refractivity contribution in [3.63, 3.8) is 0 Å². The van der Waals surface area contributed by atoms with Gasteiger partial charge in [-0.25, -0.2) is 4.98 Å². The Bertz CT molecular complexity index is 472. The van der Waals surface area contributed by atoms with Crippen molar-refractivity contribution in [2.45, 2.75) is 19.8 Å². The summed E-state index contributed by atoms with van der Waals surface area (Å²) < 4.78 is 5.07. The van der Waals surface area contributed by atoms with Crippen LogP contribution in [-0.4, -0.2) is 61.0 Å². The lowest BCUT2D eigenvalue weighted by Crippen LogP contribution is -2.35. The van der Waals surface area contributed by atoms with Crippen LogP contribution in [0.4, 0.5) is 0 Å². The van der Waals surface area contributed by atoms with Crippen molar-refractivity contribution < 1.29 is 9.53 Å². The number of methoxy groups -OCH3 is 1. The molecule has 0 aliphatic carbocycles. The van der Waals surface area contributed by atoms with Crippen molar-refractivity contribution >= 4 is 5.91 Å². The molecule has 2 heterocycles. The molecule has 0 radical (unpaired) electrons. The van der Waals surface area contributed by atoms with Crippen molar-refractivity contribution in [1.29, 1.82) is 0 Å². The van der Waals surface area contributed by atoms with E-state index >= 15 is 0 Å². The summed E-state index contributed by atoms with van der Waals surface area (Å²) in [6, 6.07) is 3.41. The third-order valence-corrected chi connectivity index (χ3v) is 3.89. The fourth-order valence-electron chi connectivity index (χ4n) is 2.89. The first-order chi connectivity index (χ1) is 10.1. The molecule has 1 aromatic rings. The molecular formula is C16H25N3O2. The second-order valence-electron chi connectivity index (χ2n) is 5.89. The third kappa shape index (κ3) is 4.43. The Morgan fingerprint density at radius 3 is 2.86 bits per heavy atom. The van der Waals surface area contributed by atoms with Gasteiger partial charge < -0.3 is 14.5 Å². The molecule has 1 aliphatic heterocycles. The highest BCUT2D eigenvalue weighted by Crippen LogP contribution is 2.14. The van der Waals surface area contributed by atoms with E-state index in [0.717, 1.165) is 13.1 Å². The van der Waals surface area contributed by atoms with Gasteiger partial charge in [-0.2, -0.15) is 0 Å². The number of pyridine rings is 1. The Hall–Kier alpha value is -1.62. The Kier molecular flexibility index (Phi) is 5.56. The van der Waals surface area contributed by atoms with E-state index in [9.17, 15) is 4.79 Å². The zero-order valence-electron chi connectivity index (χ0n) is 13.2. The highest BCUT2D eigenvalue weighted by molar-refractivity contribution is 5.94. The van der Waals surface area contributed by atoms with E-state index < -0.39 is 0 Å². The predicted molar refractivity (Wildman–Crippen MR) is 82.6 cm³/mol. The van der Waals surface area contributed by atoms with Crippen LogP contribution in [-0.2, 0) is 0 Å². The Labute approximate surface area is 126 Å². The van der Waals surface area contributed by atoms with Crippen molar-refractivity contribution in [2.24, 2.45) is 5.92 Å². The topological polar surface area (TPSA) is 45.7 Å². The van der Waals surface area contributed by atoms with Gasteiger partial charge in [0, 0.05) is 38.0 Å². The first kappa shape index (κ1) is 15.8. The summed E-state index contributed by atoms with van der Waals surface area (Å²) in [7, 11) is 3.41. The van der Waals surface area contributed by atoms with Crippen LogP contribution in [0.1, 0.15) is 30.1 Å². The van der Waals surface area contributed by atoms with Gasteiger partial charge in [0.2, 0.25) is 5.88 Å². The quantitative estimate of drug-likeness (QED) is 0.803. The zero-order chi connectivity index (χ0) is 15.2. The number of aromatic nitrogens is 1. The van der Waals surface area contributed by atoms with E-state index in [2.05, 4.69) is 16.8 Å². The van der Waals surface area contributed by atoms with Gasteiger partial charge in [0.25, 0.3) is 5.91 Å².